The summed E-state index contributed by atoms with van der Waals surface area (Å²) in [5.41, 5.74) is 3.05. The second-order valence-electron chi connectivity index (χ2n) is 5.85. The van der Waals surface area contributed by atoms with E-state index in [-0.39, 0.29) is 17.9 Å². The molecule has 1 heterocycles. The van der Waals surface area contributed by atoms with E-state index < -0.39 is 0 Å². The molecule has 1 aliphatic heterocycles. The molecule has 0 saturated carbocycles. The zero-order valence-corrected chi connectivity index (χ0v) is 13.5. The maximum absolute atomic E-state index is 12.4. The van der Waals surface area contributed by atoms with Crippen molar-refractivity contribution in [1.82, 2.24) is 4.90 Å². The van der Waals surface area contributed by atoms with Crippen LogP contribution in [0.3, 0.4) is 0 Å². The number of ether oxygens (including phenoxy) is 1. The number of benzene rings is 1. The first kappa shape index (κ1) is 16.3. The molecular formula is C17H24N2O3. The van der Waals surface area contributed by atoms with Gasteiger partial charge in [-0.25, -0.2) is 4.79 Å². The van der Waals surface area contributed by atoms with Gasteiger partial charge in [0.2, 0.25) is 5.91 Å². The summed E-state index contributed by atoms with van der Waals surface area (Å²) in [6.07, 6.45) is 1.29. The summed E-state index contributed by atoms with van der Waals surface area (Å²) in [6, 6.07) is 5.98. The van der Waals surface area contributed by atoms with E-state index in [4.69, 9.17) is 4.74 Å². The minimum absolute atomic E-state index is 0.0287. The molecule has 1 aromatic carbocycles. The summed E-state index contributed by atoms with van der Waals surface area (Å²) < 4.78 is 5.01. The van der Waals surface area contributed by atoms with E-state index in [9.17, 15) is 9.59 Å². The van der Waals surface area contributed by atoms with Gasteiger partial charge in [0.1, 0.15) is 0 Å². The highest BCUT2D eigenvalue weighted by Gasteiger charge is 2.29. The Morgan fingerprint density at radius 2 is 1.95 bits per heavy atom. The summed E-state index contributed by atoms with van der Waals surface area (Å²) in [5.74, 6) is -0.210. The zero-order valence-electron chi connectivity index (χ0n) is 13.5. The third-order valence-electron chi connectivity index (χ3n) is 3.81. The molecule has 0 aromatic heterocycles. The molecule has 0 aliphatic carbocycles. The fraction of sp³-hybridized carbons (Fsp3) is 0.529. The van der Waals surface area contributed by atoms with Crippen molar-refractivity contribution in [2.45, 2.75) is 33.6 Å². The maximum atomic E-state index is 12.4. The van der Waals surface area contributed by atoms with Gasteiger partial charge in [0, 0.05) is 18.8 Å². The minimum atomic E-state index is -0.327. The van der Waals surface area contributed by atoms with Crippen LogP contribution in [0.25, 0.3) is 0 Å². The molecule has 1 N–H and O–H groups in total. The van der Waals surface area contributed by atoms with E-state index in [1.165, 1.54) is 0 Å². The van der Waals surface area contributed by atoms with Crippen LogP contribution in [0.5, 0.6) is 0 Å². The quantitative estimate of drug-likeness (QED) is 0.933. The Balaban J connectivity index is 1.98. The number of nitrogens with zero attached hydrogens (tertiary/aromatic N) is 1. The number of rotatable bonds is 3. The van der Waals surface area contributed by atoms with Gasteiger partial charge in [-0.05, 0) is 56.9 Å². The van der Waals surface area contributed by atoms with Gasteiger partial charge in [-0.1, -0.05) is 6.07 Å². The van der Waals surface area contributed by atoms with Crippen LogP contribution in [0.2, 0.25) is 0 Å². The van der Waals surface area contributed by atoms with Gasteiger partial charge in [0.05, 0.1) is 12.5 Å². The predicted octanol–water partition coefficient (Wildman–Crippen LogP) is 3.11. The number of nitrogens with one attached hydrogen (secondary N) is 1. The smallest absolute Gasteiger partial charge is 0.409 e. The van der Waals surface area contributed by atoms with Crippen LogP contribution in [0.4, 0.5) is 10.5 Å². The number of carbonyl (C=O) groups excluding carboxylic acids is 2. The predicted molar refractivity (Wildman–Crippen MR) is 85.9 cm³/mol. The molecule has 1 fully saturated rings. The van der Waals surface area contributed by atoms with Crippen molar-refractivity contribution in [1.29, 1.82) is 0 Å². The molecule has 0 spiro atoms. The lowest BCUT2D eigenvalue weighted by molar-refractivity contribution is -0.121. The molecule has 1 unspecified atom stereocenters. The Morgan fingerprint density at radius 1 is 1.27 bits per heavy atom. The van der Waals surface area contributed by atoms with Crippen LogP contribution in [0.1, 0.15) is 30.9 Å². The standard InChI is InChI=1S/C17H24N2O3/c1-4-22-17(21)19-7-5-6-14(11-19)16(20)18-15-9-12(2)8-13(3)10-15/h8-10,14H,4-7,11H2,1-3H3,(H,18,20). The Hall–Kier alpha value is -2.04. The fourth-order valence-corrected chi connectivity index (χ4v) is 2.86. The summed E-state index contributed by atoms with van der Waals surface area (Å²) >= 11 is 0. The molecule has 1 saturated heterocycles. The molecule has 1 aromatic rings. The largest absolute Gasteiger partial charge is 0.450 e. The van der Waals surface area contributed by atoms with Crippen LogP contribution in [0, 0.1) is 19.8 Å². The number of hydrogen-bond acceptors (Lipinski definition) is 3. The van der Waals surface area contributed by atoms with E-state index in [2.05, 4.69) is 11.4 Å². The molecule has 1 aliphatic rings. The normalized spacial score (nSPS) is 18.0. The first-order valence-corrected chi connectivity index (χ1v) is 7.80. The number of hydrogen-bond donors (Lipinski definition) is 1. The topological polar surface area (TPSA) is 58.6 Å². The second kappa shape index (κ2) is 7.29. The molecular weight excluding hydrogens is 280 g/mol. The lowest BCUT2D eigenvalue weighted by atomic mass is 9.97. The highest BCUT2D eigenvalue weighted by molar-refractivity contribution is 5.93. The number of amides is 2. The number of likely N-dealkylation sites (tertiary alicyclic amines) is 1. The van der Waals surface area contributed by atoms with Gasteiger partial charge in [0.25, 0.3) is 0 Å². The van der Waals surface area contributed by atoms with Crippen LogP contribution in [-0.2, 0) is 9.53 Å². The van der Waals surface area contributed by atoms with Crippen molar-refractivity contribution in [3.63, 3.8) is 0 Å². The summed E-state index contributed by atoms with van der Waals surface area (Å²) in [7, 11) is 0. The molecule has 5 nitrogen and oxygen atoms in total. The molecule has 0 bridgehead atoms. The Bertz CT molecular complexity index is 537. The van der Waals surface area contributed by atoms with Gasteiger partial charge in [-0.15, -0.1) is 0 Å². The van der Waals surface area contributed by atoms with Crippen molar-refractivity contribution in [2.24, 2.45) is 5.92 Å². The van der Waals surface area contributed by atoms with Crippen LogP contribution in [0.15, 0.2) is 18.2 Å². The van der Waals surface area contributed by atoms with Crippen LogP contribution >= 0.6 is 0 Å². The minimum Gasteiger partial charge on any atom is -0.450 e. The van der Waals surface area contributed by atoms with Gasteiger partial charge in [-0.2, -0.15) is 0 Å². The van der Waals surface area contributed by atoms with Crippen molar-refractivity contribution in [3.8, 4) is 0 Å². The number of carbonyl (C=O) groups is 2. The molecule has 1 atom stereocenters. The zero-order chi connectivity index (χ0) is 16.1. The molecule has 2 amide bonds. The van der Waals surface area contributed by atoms with Crippen molar-refractivity contribution < 1.29 is 14.3 Å². The third kappa shape index (κ3) is 4.23. The molecule has 120 valence electrons. The first-order chi connectivity index (χ1) is 10.5. The van der Waals surface area contributed by atoms with E-state index in [1.807, 2.05) is 26.0 Å². The Kier molecular flexibility index (Phi) is 5.41. The van der Waals surface area contributed by atoms with E-state index in [1.54, 1.807) is 11.8 Å². The average molecular weight is 304 g/mol. The van der Waals surface area contributed by atoms with Crippen molar-refractivity contribution >= 4 is 17.7 Å². The van der Waals surface area contributed by atoms with E-state index in [0.717, 1.165) is 29.7 Å². The maximum Gasteiger partial charge on any atom is 0.409 e. The molecule has 22 heavy (non-hydrogen) atoms. The second-order valence-corrected chi connectivity index (χ2v) is 5.85. The van der Waals surface area contributed by atoms with Crippen LogP contribution in [-0.4, -0.2) is 36.6 Å². The number of anilines is 1. The number of piperidine rings is 1. The lowest BCUT2D eigenvalue weighted by Crippen LogP contribution is -2.44. The molecule has 0 radical (unpaired) electrons. The Morgan fingerprint density at radius 3 is 2.59 bits per heavy atom. The van der Waals surface area contributed by atoms with Gasteiger partial charge < -0.3 is 15.0 Å². The summed E-state index contributed by atoms with van der Waals surface area (Å²) in [4.78, 5) is 25.8. The third-order valence-corrected chi connectivity index (χ3v) is 3.81. The molecule has 5 heteroatoms. The highest BCUT2D eigenvalue weighted by Crippen LogP contribution is 2.20. The Labute approximate surface area is 131 Å². The van der Waals surface area contributed by atoms with E-state index in [0.29, 0.717) is 19.7 Å². The monoisotopic (exact) mass is 304 g/mol. The van der Waals surface area contributed by atoms with Gasteiger partial charge >= 0.3 is 6.09 Å². The van der Waals surface area contributed by atoms with Crippen molar-refractivity contribution in [2.75, 3.05) is 25.0 Å². The van der Waals surface area contributed by atoms with Gasteiger partial charge in [0.15, 0.2) is 0 Å². The van der Waals surface area contributed by atoms with E-state index >= 15 is 0 Å². The van der Waals surface area contributed by atoms with Crippen molar-refractivity contribution in [3.05, 3.63) is 29.3 Å². The fourth-order valence-electron chi connectivity index (χ4n) is 2.86. The summed E-state index contributed by atoms with van der Waals surface area (Å²) in [5, 5.41) is 2.97. The lowest BCUT2D eigenvalue weighted by Gasteiger charge is -2.31. The average Bonchev–Trinajstić information content (AvgIpc) is 2.46. The first-order valence-electron chi connectivity index (χ1n) is 7.80. The molecule has 2 rings (SSSR count). The summed E-state index contributed by atoms with van der Waals surface area (Å²) in [6.45, 7) is 7.24. The SMILES string of the molecule is CCOC(=O)N1CCCC(C(=O)Nc2cc(C)cc(C)c2)C1. The van der Waals surface area contributed by atoms with Gasteiger partial charge in [-0.3, -0.25) is 4.79 Å². The number of aryl methyl sites for hydroxylation is 2. The van der Waals surface area contributed by atoms with Crippen LogP contribution < -0.4 is 5.32 Å². The highest BCUT2D eigenvalue weighted by atomic mass is 16.6.